The fourth-order valence-electron chi connectivity index (χ4n) is 7.08. The molecule has 0 aromatic heterocycles. The van der Waals surface area contributed by atoms with Crippen molar-refractivity contribution in [1.29, 1.82) is 0 Å². The van der Waals surface area contributed by atoms with Crippen LogP contribution in [0.2, 0.25) is 18.1 Å². The minimum atomic E-state index is -2.19. The molecule has 1 heterocycles. The lowest BCUT2D eigenvalue weighted by Gasteiger charge is -2.61. The molecule has 0 radical (unpaired) electrons. The molecule has 9 heteroatoms. The van der Waals surface area contributed by atoms with Crippen LogP contribution in [-0.2, 0) is 26.1 Å². The molecule has 5 atom stereocenters. The van der Waals surface area contributed by atoms with Crippen molar-refractivity contribution < 1.29 is 33.3 Å². The van der Waals surface area contributed by atoms with Crippen LogP contribution in [0.1, 0.15) is 85.3 Å². The third-order valence-electron chi connectivity index (χ3n) is 10.1. The van der Waals surface area contributed by atoms with Crippen LogP contribution in [-0.4, -0.2) is 49.3 Å². The Morgan fingerprint density at radius 2 is 1.88 bits per heavy atom. The predicted molar refractivity (Wildman–Crippen MR) is 159 cm³/mol. The lowest BCUT2D eigenvalue weighted by atomic mass is 9.45. The monoisotopic (exact) mass is 585 g/mol. The normalized spacial score (nSPS) is 30.0. The highest BCUT2D eigenvalue weighted by atomic mass is 28.4. The predicted octanol–water partition coefficient (Wildman–Crippen LogP) is 6.15. The molecule has 3 aliphatic carbocycles. The van der Waals surface area contributed by atoms with Crippen molar-refractivity contribution in [2.45, 2.75) is 121 Å². The number of rotatable bonds is 6. The van der Waals surface area contributed by atoms with Crippen molar-refractivity contribution in [2.75, 3.05) is 6.54 Å². The highest BCUT2D eigenvalue weighted by Gasteiger charge is 2.72. The van der Waals surface area contributed by atoms with Gasteiger partial charge in [-0.1, -0.05) is 33.8 Å². The molecule has 1 amide bonds. The summed E-state index contributed by atoms with van der Waals surface area (Å²) >= 11 is 0. The molecular weight excluding hydrogens is 538 g/mol. The van der Waals surface area contributed by atoms with Gasteiger partial charge in [-0.25, -0.2) is 4.79 Å². The number of aliphatic hydroxyl groups is 1. The van der Waals surface area contributed by atoms with Crippen LogP contribution in [0.4, 0.5) is 4.79 Å². The molecule has 8 nitrogen and oxygen atoms in total. The van der Waals surface area contributed by atoms with E-state index in [1.54, 1.807) is 20.8 Å². The molecule has 1 spiro atoms. The van der Waals surface area contributed by atoms with Crippen LogP contribution >= 0.6 is 0 Å². The van der Waals surface area contributed by atoms with Gasteiger partial charge in [0.2, 0.25) is 0 Å². The van der Waals surface area contributed by atoms with Gasteiger partial charge in [-0.3, -0.25) is 4.79 Å². The fourth-order valence-corrected chi connectivity index (χ4v) is 8.09. The summed E-state index contributed by atoms with van der Waals surface area (Å²) in [4.78, 5) is 25.0. The van der Waals surface area contributed by atoms with Crippen LogP contribution in [0.25, 0.3) is 0 Å². The van der Waals surface area contributed by atoms with Crippen molar-refractivity contribution in [3.05, 3.63) is 35.1 Å². The van der Waals surface area contributed by atoms with Crippen LogP contribution in [0.3, 0.4) is 0 Å². The summed E-state index contributed by atoms with van der Waals surface area (Å²) in [6.07, 6.45) is 3.51. The third kappa shape index (κ3) is 4.86. The number of hydrogen-bond acceptors (Lipinski definition) is 7. The first kappa shape index (κ1) is 30.0. The number of carbonyl (C=O) groups excluding carboxylic acids is 2. The average molecular weight is 586 g/mol. The minimum absolute atomic E-state index is 0.000686. The van der Waals surface area contributed by atoms with Gasteiger partial charge < -0.3 is 29.1 Å². The summed E-state index contributed by atoms with van der Waals surface area (Å²) < 4.78 is 24.8. The topological polar surface area (TPSA) is 103 Å². The average Bonchev–Trinajstić information content (AvgIpc) is 3.18. The van der Waals surface area contributed by atoms with E-state index in [0.717, 1.165) is 24.8 Å². The largest absolute Gasteiger partial charge is 0.541 e. The molecule has 4 aliphatic rings. The Kier molecular flexibility index (Phi) is 7.13. The third-order valence-corrected chi connectivity index (χ3v) is 14.5. The summed E-state index contributed by atoms with van der Waals surface area (Å²) in [7, 11) is -2.19. The lowest BCUT2D eigenvalue weighted by molar-refractivity contribution is -0.170. The number of hydrogen-bond donors (Lipinski definition) is 2. The van der Waals surface area contributed by atoms with Crippen molar-refractivity contribution >= 4 is 20.4 Å². The van der Waals surface area contributed by atoms with E-state index >= 15 is 0 Å². The maximum Gasteiger partial charge on any atom is 0.407 e. The van der Waals surface area contributed by atoms with E-state index in [2.05, 4.69) is 52.2 Å². The van der Waals surface area contributed by atoms with E-state index in [1.165, 1.54) is 5.56 Å². The SMILES string of the molecule is CC1CC[C@]23c4c5ccc(O[Si](C)(C)C(C)(C)C)c4O[C@H]2C(OC(=O)CCNC(=O)OC(C)(C)C)=CC[C@@]3(O)[C@H]1C5. The molecule has 1 aromatic rings. The first-order valence-electron chi connectivity index (χ1n) is 15.0. The van der Waals surface area contributed by atoms with Crippen molar-refractivity contribution in [3.63, 3.8) is 0 Å². The second-order valence-corrected chi connectivity index (χ2v) is 19.7. The fraction of sp³-hybridized carbons (Fsp3) is 0.688. The van der Waals surface area contributed by atoms with Crippen LogP contribution in [0.15, 0.2) is 24.0 Å². The Morgan fingerprint density at radius 3 is 2.54 bits per heavy atom. The highest BCUT2D eigenvalue weighted by molar-refractivity contribution is 6.74. The van der Waals surface area contributed by atoms with Gasteiger partial charge in [0, 0.05) is 12.1 Å². The van der Waals surface area contributed by atoms with Gasteiger partial charge >= 0.3 is 12.1 Å². The molecule has 1 aromatic carbocycles. The van der Waals surface area contributed by atoms with Gasteiger partial charge in [0.1, 0.15) is 17.1 Å². The van der Waals surface area contributed by atoms with Gasteiger partial charge in [0.25, 0.3) is 8.32 Å². The van der Waals surface area contributed by atoms with Crippen molar-refractivity contribution in [3.8, 4) is 11.5 Å². The van der Waals surface area contributed by atoms with Gasteiger partial charge in [0.15, 0.2) is 11.9 Å². The summed E-state index contributed by atoms with van der Waals surface area (Å²) in [5.74, 6) is 1.82. The Hall–Kier alpha value is -2.52. The number of alkyl carbamates (subject to hydrolysis) is 1. The number of carbonyl (C=O) groups is 2. The number of amides is 1. The molecule has 1 unspecified atom stereocenters. The zero-order chi connectivity index (χ0) is 30.2. The second kappa shape index (κ2) is 9.76. The summed E-state index contributed by atoms with van der Waals surface area (Å²) in [5, 5.41) is 15.1. The molecule has 0 saturated heterocycles. The number of nitrogens with one attached hydrogen (secondary N) is 1. The number of ether oxygens (including phenoxy) is 3. The van der Waals surface area contributed by atoms with Gasteiger partial charge in [-0.05, 0) is 94.1 Å². The maximum atomic E-state index is 13.0. The van der Waals surface area contributed by atoms with E-state index in [4.69, 9.17) is 18.6 Å². The van der Waals surface area contributed by atoms with Gasteiger partial charge in [-0.15, -0.1) is 0 Å². The highest BCUT2D eigenvalue weighted by Crippen LogP contribution is 2.68. The minimum Gasteiger partial charge on any atom is -0.541 e. The molecule has 226 valence electrons. The molecule has 1 fully saturated rings. The molecule has 2 bridgehead atoms. The zero-order valence-electron chi connectivity index (χ0n) is 26.1. The van der Waals surface area contributed by atoms with Crippen molar-refractivity contribution in [1.82, 2.24) is 5.32 Å². The standard InChI is InChI=1S/C32H47NO7Si/c1-19-12-15-31-25-20-10-11-22(40-41(8,9)30(5,6)7)26(25)38-27(31)23(13-16-32(31,36)21(19)18-20)37-24(34)14-17-33-28(35)39-29(2,3)4/h10-11,13,19,21,27,36H,12,14-18H2,1-9H3,(H,33,35)/t19?,21-,27-,31-,32+/m0/s1. The molecule has 1 aliphatic heterocycles. The maximum absolute atomic E-state index is 13.0. The lowest BCUT2D eigenvalue weighted by Crippen LogP contribution is -2.69. The molecule has 41 heavy (non-hydrogen) atoms. The quantitative estimate of drug-likeness (QED) is 0.305. The summed E-state index contributed by atoms with van der Waals surface area (Å²) in [5.41, 5.74) is -0.0989. The molecular formula is C32H47NO7Si. The van der Waals surface area contributed by atoms with Gasteiger partial charge in [-0.2, -0.15) is 0 Å². The number of benzene rings is 1. The Morgan fingerprint density at radius 1 is 1.17 bits per heavy atom. The van der Waals surface area contributed by atoms with E-state index in [1.807, 2.05) is 12.1 Å². The van der Waals surface area contributed by atoms with Crippen LogP contribution in [0, 0.1) is 11.8 Å². The van der Waals surface area contributed by atoms with E-state index in [0.29, 0.717) is 29.6 Å². The van der Waals surface area contributed by atoms with E-state index in [-0.39, 0.29) is 23.9 Å². The molecule has 5 rings (SSSR count). The first-order valence-corrected chi connectivity index (χ1v) is 17.9. The Bertz CT molecular complexity index is 1280. The first-order chi connectivity index (χ1) is 18.9. The smallest absolute Gasteiger partial charge is 0.407 e. The molecule has 1 saturated carbocycles. The summed E-state index contributed by atoms with van der Waals surface area (Å²) in [6.45, 7) is 18.7. The van der Waals surface area contributed by atoms with Crippen LogP contribution < -0.4 is 14.5 Å². The van der Waals surface area contributed by atoms with Crippen molar-refractivity contribution in [2.24, 2.45) is 11.8 Å². The number of esters is 1. The Balaban J connectivity index is 1.45. The van der Waals surface area contributed by atoms with E-state index in [9.17, 15) is 14.7 Å². The van der Waals surface area contributed by atoms with Gasteiger partial charge in [0.05, 0.1) is 17.4 Å². The summed E-state index contributed by atoms with van der Waals surface area (Å²) in [6, 6.07) is 4.19. The molecule has 2 N–H and O–H groups in total. The Labute approximate surface area is 245 Å². The van der Waals surface area contributed by atoms with Crippen LogP contribution in [0.5, 0.6) is 11.5 Å². The van der Waals surface area contributed by atoms with E-state index < -0.39 is 43.1 Å². The second-order valence-electron chi connectivity index (χ2n) is 15.0. The zero-order valence-corrected chi connectivity index (χ0v) is 27.1.